The number of halogens is 1. The summed E-state index contributed by atoms with van der Waals surface area (Å²) in [6, 6.07) is 18.4. The van der Waals surface area contributed by atoms with E-state index in [1.165, 1.54) is 0 Å². The number of aromatic nitrogens is 1. The molecule has 0 radical (unpaired) electrons. The number of carbonyl (C=O) groups excluding carboxylic acids is 1. The van der Waals surface area contributed by atoms with Crippen LogP contribution < -0.4 is 15.4 Å². The fourth-order valence-corrected chi connectivity index (χ4v) is 2.40. The van der Waals surface area contributed by atoms with Crippen LogP contribution in [-0.4, -0.2) is 17.5 Å². The van der Waals surface area contributed by atoms with Crippen molar-refractivity contribution in [3.05, 3.63) is 77.4 Å². The molecule has 26 heavy (non-hydrogen) atoms. The first kappa shape index (κ1) is 17.8. The number of benzene rings is 2. The standard InChI is InChI=1S/C20H18ClN3O2/c1-14-4-2-3-5-18(14)23-16-8-11-19(22-12-16)24-20(25)13-26-17-9-6-15(21)7-10-17/h2-12,23H,13H2,1H3,(H,22,24,25). The number of hydrogen-bond acceptors (Lipinski definition) is 4. The molecule has 0 saturated heterocycles. The first-order valence-electron chi connectivity index (χ1n) is 8.07. The molecule has 0 spiro atoms. The number of pyridine rings is 1. The number of aryl methyl sites for hydroxylation is 1. The molecule has 0 unspecified atom stereocenters. The monoisotopic (exact) mass is 367 g/mol. The van der Waals surface area contributed by atoms with Crippen LogP contribution in [0.5, 0.6) is 5.75 Å². The normalized spacial score (nSPS) is 10.2. The number of nitrogens with one attached hydrogen (secondary N) is 2. The van der Waals surface area contributed by atoms with E-state index in [9.17, 15) is 4.79 Å². The van der Waals surface area contributed by atoms with Gasteiger partial charge in [-0.15, -0.1) is 0 Å². The van der Waals surface area contributed by atoms with Gasteiger partial charge in [0.2, 0.25) is 0 Å². The van der Waals surface area contributed by atoms with E-state index in [2.05, 4.69) is 15.6 Å². The zero-order valence-electron chi connectivity index (χ0n) is 14.2. The van der Waals surface area contributed by atoms with Crippen molar-refractivity contribution in [1.82, 2.24) is 4.98 Å². The Hall–Kier alpha value is -3.05. The Bertz CT molecular complexity index is 880. The molecule has 0 fully saturated rings. The van der Waals surface area contributed by atoms with E-state index in [1.807, 2.05) is 37.3 Å². The molecule has 0 saturated carbocycles. The number of anilines is 3. The molecule has 0 bridgehead atoms. The lowest BCUT2D eigenvalue weighted by Crippen LogP contribution is -2.20. The highest BCUT2D eigenvalue weighted by Gasteiger charge is 2.05. The maximum absolute atomic E-state index is 12.0. The average molecular weight is 368 g/mol. The van der Waals surface area contributed by atoms with Crippen molar-refractivity contribution in [2.75, 3.05) is 17.2 Å². The first-order valence-corrected chi connectivity index (χ1v) is 8.45. The van der Waals surface area contributed by atoms with E-state index >= 15 is 0 Å². The van der Waals surface area contributed by atoms with Crippen LogP contribution in [-0.2, 0) is 4.79 Å². The molecule has 0 atom stereocenters. The van der Waals surface area contributed by atoms with Crippen molar-refractivity contribution in [3.8, 4) is 5.75 Å². The number of para-hydroxylation sites is 1. The number of ether oxygens (including phenoxy) is 1. The smallest absolute Gasteiger partial charge is 0.263 e. The fraction of sp³-hybridized carbons (Fsp3) is 0.100. The summed E-state index contributed by atoms with van der Waals surface area (Å²) in [4.78, 5) is 16.2. The minimum Gasteiger partial charge on any atom is -0.484 e. The van der Waals surface area contributed by atoms with Gasteiger partial charge in [-0.3, -0.25) is 4.79 Å². The van der Waals surface area contributed by atoms with Crippen LogP contribution in [0.3, 0.4) is 0 Å². The predicted molar refractivity (Wildman–Crippen MR) is 104 cm³/mol. The van der Waals surface area contributed by atoms with E-state index in [0.29, 0.717) is 16.6 Å². The summed E-state index contributed by atoms with van der Waals surface area (Å²) in [7, 11) is 0. The van der Waals surface area contributed by atoms with Gasteiger partial charge in [-0.25, -0.2) is 4.98 Å². The van der Waals surface area contributed by atoms with Crippen molar-refractivity contribution in [1.29, 1.82) is 0 Å². The Kier molecular flexibility index (Phi) is 5.71. The molecular weight excluding hydrogens is 350 g/mol. The quantitative estimate of drug-likeness (QED) is 0.656. The number of hydrogen-bond donors (Lipinski definition) is 2. The second-order valence-electron chi connectivity index (χ2n) is 5.66. The molecule has 2 aromatic carbocycles. The molecule has 6 heteroatoms. The molecule has 1 amide bonds. The van der Waals surface area contributed by atoms with Gasteiger partial charge in [0.05, 0.1) is 11.9 Å². The van der Waals surface area contributed by atoms with Gasteiger partial charge in [0.25, 0.3) is 5.91 Å². The number of amides is 1. The molecular formula is C20H18ClN3O2. The van der Waals surface area contributed by atoms with Crippen LogP contribution in [0, 0.1) is 6.92 Å². The van der Waals surface area contributed by atoms with Gasteiger partial charge < -0.3 is 15.4 Å². The molecule has 3 aromatic rings. The Morgan fingerprint density at radius 3 is 2.54 bits per heavy atom. The lowest BCUT2D eigenvalue weighted by Gasteiger charge is -2.10. The molecule has 1 aromatic heterocycles. The highest BCUT2D eigenvalue weighted by atomic mass is 35.5. The molecule has 3 rings (SSSR count). The second-order valence-corrected chi connectivity index (χ2v) is 6.10. The van der Waals surface area contributed by atoms with Crippen LogP contribution in [0.1, 0.15) is 5.56 Å². The van der Waals surface area contributed by atoms with Crippen molar-refractivity contribution >= 4 is 34.7 Å². The van der Waals surface area contributed by atoms with Crippen LogP contribution >= 0.6 is 11.6 Å². The van der Waals surface area contributed by atoms with Crippen molar-refractivity contribution in [2.45, 2.75) is 6.92 Å². The van der Waals surface area contributed by atoms with Gasteiger partial charge in [0, 0.05) is 10.7 Å². The third-order valence-electron chi connectivity index (χ3n) is 3.64. The molecule has 0 aliphatic rings. The van der Waals surface area contributed by atoms with E-state index in [-0.39, 0.29) is 12.5 Å². The zero-order valence-corrected chi connectivity index (χ0v) is 15.0. The summed E-state index contributed by atoms with van der Waals surface area (Å²) in [5.74, 6) is 0.757. The average Bonchev–Trinajstić information content (AvgIpc) is 2.65. The van der Waals surface area contributed by atoms with Crippen LogP contribution in [0.15, 0.2) is 66.9 Å². The SMILES string of the molecule is Cc1ccccc1Nc1ccc(NC(=O)COc2ccc(Cl)cc2)nc1. The zero-order chi connectivity index (χ0) is 18.4. The minimum atomic E-state index is -0.285. The Labute approximate surface area is 157 Å². The Balaban J connectivity index is 1.52. The maximum atomic E-state index is 12.0. The van der Waals surface area contributed by atoms with Gasteiger partial charge in [0.15, 0.2) is 6.61 Å². The van der Waals surface area contributed by atoms with Gasteiger partial charge in [0.1, 0.15) is 11.6 Å². The number of carbonyl (C=O) groups is 1. The summed E-state index contributed by atoms with van der Waals surface area (Å²) >= 11 is 5.81. The summed E-state index contributed by atoms with van der Waals surface area (Å²) in [6.07, 6.45) is 1.67. The van der Waals surface area contributed by atoms with E-state index in [4.69, 9.17) is 16.3 Å². The Morgan fingerprint density at radius 1 is 1.08 bits per heavy atom. The van der Waals surface area contributed by atoms with Crippen LogP contribution in [0.4, 0.5) is 17.2 Å². The summed E-state index contributed by atoms with van der Waals surface area (Å²) in [5.41, 5.74) is 3.00. The third kappa shape index (κ3) is 4.97. The molecule has 2 N–H and O–H groups in total. The van der Waals surface area contributed by atoms with Gasteiger partial charge in [-0.2, -0.15) is 0 Å². The van der Waals surface area contributed by atoms with Crippen LogP contribution in [0.2, 0.25) is 5.02 Å². The number of nitrogens with zero attached hydrogens (tertiary/aromatic N) is 1. The first-order chi connectivity index (χ1) is 12.6. The topological polar surface area (TPSA) is 63.2 Å². The lowest BCUT2D eigenvalue weighted by atomic mass is 10.2. The largest absolute Gasteiger partial charge is 0.484 e. The molecule has 0 aliphatic heterocycles. The van der Waals surface area contributed by atoms with E-state index in [0.717, 1.165) is 16.9 Å². The highest BCUT2D eigenvalue weighted by Crippen LogP contribution is 2.20. The van der Waals surface area contributed by atoms with Crippen molar-refractivity contribution in [3.63, 3.8) is 0 Å². The molecule has 132 valence electrons. The molecule has 0 aliphatic carbocycles. The minimum absolute atomic E-state index is 0.105. The van der Waals surface area contributed by atoms with Gasteiger partial charge in [-0.05, 0) is 55.0 Å². The second kappa shape index (κ2) is 8.36. The van der Waals surface area contributed by atoms with Gasteiger partial charge in [-0.1, -0.05) is 29.8 Å². The van der Waals surface area contributed by atoms with Crippen molar-refractivity contribution in [2.24, 2.45) is 0 Å². The van der Waals surface area contributed by atoms with Crippen molar-refractivity contribution < 1.29 is 9.53 Å². The maximum Gasteiger partial charge on any atom is 0.263 e. The van der Waals surface area contributed by atoms with E-state index in [1.54, 1.807) is 36.5 Å². The molecule has 1 heterocycles. The highest BCUT2D eigenvalue weighted by molar-refractivity contribution is 6.30. The lowest BCUT2D eigenvalue weighted by molar-refractivity contribution is -0.118. The number of rotatable bonds is 6. The van der Waals surface area contributed by atoms with E-state index < -0.39 is 0 Å². The predicted octanol–water partition coefficient (Wildman–Crippen LogP) is 4.80. The summed E-state index contributed by atoms with van der Waals surface area (Å²) in [5, 5.41) is 6.61. The summed E-state index contributed by atoms with van der Waals surface area (Å²) < 4.78 is 5.40. The third-order valence-corrected chi connectivity index (χ3v) is 3.89. The Morgan fingerprint density at radius 2 is 1.85 bits per heavy atom. The fourth-order valence-electron chi connectivity index (χ4n) is 2.27. The van der Waals surface area contributed by atoms with Gasteiger partial charge >= 0.3 is 0 Å². The molecule has 5 nitrogen and oxygen atoms in total. The summed E-state index contributed by atoms with van der Waals surface area (Å²) in [6.45, 7) is 1.93. The van der Waals surface area contributed by atoms with Crippen LogP contribution in [0.25, 0.3) is 0 Å².